The van der Waals surface area contributed by atoms with Crippen LogP contribution in [0.5, 0.6) is 5.75 Å². The second kappa shape index (κ2) is 10.1. The maximum absolute atomic E-state index is 10.8. The molecule has 148 valence electrons. The number of rotatable bonds is 9. The van der Waals surface area contributed by atoms with Crippen LogP contribution >= 0.6 is 0 Å². The lowest BCUT2D eigenvalue weighted by atomic mass is 9.78. The summed E-state index contributed by atoms with van der Waals surface area (Å²) in [4.78, 5) is 0. The average Bonchev–Trinajstić information content (AvgIpc) is 2.52. The molecule has 0 aliphatic carbocycles. The molecule has 0 saturated heterocycles. The smallest absolute Gasteiger partial charge is 0.123 e. The highest BCUT2D eigenvalue weighted by molar-refractivity contribution is 5.49. The summed E-state index contributed by atoms with van der Waals surface area (Å²) in [5.74, 6) is 0.457. The van der Waals surface area contributed by atoms with Gasteiger partial charge in [0.1, 0.15) is 5.75 Å². The number of hydrogen-bond acceptors (Lipinski definition) is 3. The second-order valence-corrected chi connectivity index (χ2v) is 9.08. The Morgan fingerprint density at radius 3 is 1.96 bits per heavy atom. The van der Waals surface area contributed by atoms with Gasteiger partial charge in [-0.15, -0.1) is 0 Å². The highest BCUT2D eigenvalue weighted by Crippen LogP contribution is 2.40. The molecule has 0 unspecified atom stereocenters. The Morgan fingerprint density at radius 1 is 0.885 bits per heavy atom. The minimum atomic E-state index is -0.0734. The van der Waals surface area contributed by atoms with Gasteiger partial charge in [0.05, 0.1) is 13.2 Å². The number of benzene rings is 1. The van der Waals surface area contributed by atoms with Gasteiger partial charge >= 0.3 is 0 Å². The van der Waals surface area contributed by atoms with E-state index < -0.39 is 0 Å². The normalized spacial score (nSPS) is 12.9. The van der Waals surface area contributed by atoms with Gasteiger partial charge in [-0.05, 0) is 46.8 Å². The monoisotopic (exact) mass is 362 g/mol. The van der Waals surface area contributed by atoms with E-state index in [9.17, 15) is 5.11 Å². The molecule has 0 bridgehead atoms. The molecule has 0 aliphatic rings. The van der Waals surface area contributed by atoms with Crippen LogP contribution in [-0.2, 0) is 22.0 Å². The van der Waals surface area contributed by atoms with Gasteiger partial charge in [0.15, 0.2) is 0 Å². The van der Waals surface area contributed by atoms with E-state index in [0.29, 0.717) is 12.4 Å². The third-order valence-electron chi connectivity index (χ3n) is 4.53. The van der Waals surface area contributed by atoms with Gasteiger partial charge in [-0.2, -0.15) is 0 Å². The van der Waals surface area contributed by atoms with E-state index in [-0.39, 0.29) is 17.4 Å². The molecule has 0 aliphatic heterocycles. The zero-order valence-corrected chi connectivity index (χ0v) is 17.6. The van der Waals surface area contributed by atoms with Crippen LogP contribution in [0.4, 0.5) is 0 Å². The summed E-state index contributed by atoms with van der Waals surface area (Å²) < 4.78 is 5.50. The summed E-state index contributed by atoms with van der Waals surface area (Å²) in [6.45, 7) is 14.3. The van der Waals surface area contributed by atoms with Crippen LogP contribution in [0, 0.1) is 0 Å². The molecule has 26 heavy (non-hydrogen) atoms. The summed E-state index contributed by atoms with van der Waals surface area (Å²) in [5, 5.41) is 19.4. The Balaban J connectivity index is 2.65. The first kappa shape index (κ1) is 22.7. The zero-order valence-electron chi connectivity index (χ0n) is 17.6. The molecule has 3 nitrogen and oxygen atoms in total. The summed E-state index contributed by atoms with van der Waals surface area (Å²) >= 11 is 0. The zero-order chi connectivity index (χ0) is 19.8. The van der Waals surface area contributed by atoms with Gasteiger partial charge in [0, 0.05) is 6.61 Å². The lowest BCUT2D eigenvalue weighted by molar-refractivity contribution is 0.157. The second-order valence-electron chi connectivity index (χ2n) is 9.08. The molecular weight excluding hydrogens is 324 g/mol. The van der Waals surface area contributed by atoms with E-state index in [1.165, 1.54) is 5.56 Å². The van der Waals surface area contributed by atoms with Crippen molar-refractivity contribution in [3.8, 4) is 5.75 Å². The van der Waals surface area contributed by atoms with Crippen molar-refractivity contribution in [2.45, 2.75) is 78.1 Å². The summed E-state index contributed by atoms with van der Waals surface area (Å²) in [7, 11) is 0. The van der Waals surface area contributed by atoms with E-state index >= 15 is 0 Å². The Morgan fingerprint density at radius 2 is 1.46 bits per heavy atom. The average molecular weight is 363 g/mol. The third-order valence-corrected chi connectivity index (χ3v) is 4.53. The van der Waals surface area contributed by atoms with Crippen molar-refractivity contribution >= 4 is 0 Å². The molecule has 0 heterocycles. The van der Waals surface area contributed by atoms with Crippen molar-refractivity contribution in [1.29, 1.82) is 0 Å². The Hall–Kier alpha value is -1.32. The largest absolute Gasteiger partial charge is 0.507 e. The lowest BCUT2D eigenvalue weighted by Gasteiger charge is -2.28. The molecule has 0 amide bonds. The maximum Gasteiger partial charge on any atom is 0.123 e. The maximum atomic E-state index is 10.8. The number of aliphatic hydroxyl groups excluding tert-OH is 1. The van der Waals surface area contributed by atoms with E-state index in [4.69, 9.17) is 9.84 Å². The predicted octanol–water partition coefficient (Wildman–Crippen LogP) is 5.27. The quantitative estimate of drug-likeness (QED) is 0.465. The van der Waals surface area contributed by atoms with Gasteiger partial charge in [-0.1, -0.05) is 72.2 Å². The first-order valence-electron chi connectivity index (χ1n) is 9.78. The van der Waals surface area contributed by atoms with Crippen molar-refractivity contribution in [2.75, 3.05) is 19.8 Å². The molecule has 0 fully saturated rings. The summed E-state index contributed by atoms with van der Waals surface area (Å²) in [5.41, 5.74) is 3.24. The van der Waals surface area contributed by atoms with Crippen LogP contribution in [0.15, 0.2) is 24.3 Å². The number of aryl methyl sites for hydroxylation is 1. The van der Waals surface area contributed by atoms with Crippen LogP contribution in [0.3, 0.4) is 0 Å². The molecule has 0 atom stereocenters. The Bertz CT molecular complexity index is 539. The van der Waals surface area contributed by atoms with Gasteiger partial charge in [0.2, 0.25) is 0 Å². The minimum Gasteiger partial charge on any atom is -0.507 e. The predicted molar refractivity (Wildman–Crippen MR) is 110 cm³/mol. The first-order chi connectivity index (χ1) is 12.1. The van der Waals surface area contributed by atoms with Crippen molar-refractivity contribution in [2.24, 2.45) is 0 Å². The summed E-state index contributed by atoms with van der Waals surface area (Å²) in [6.07, 6.45) is 7.86. The van der Waals surface area contributed by atoms with Crippen LogP contribution in [0.2, 0.25) is 0 Å². The fraction of sp³-hybridized carbons (Fsp3) is 0.652. The van der Waals surface area contributed by atoms with E-state index in [1.54, 1.807) is 6.08 Å². The van der Waals surface area contributed by atoms with Gasteiger partial charge in [0.25, 0.3) is 0 Å². The molecule has 2 N–H and O–H groups in total. The van der Waals surface area contributed by atoms with Gasteiger partial charge in [-0.25, -0.2) is 0 Å². The van der Waals surface area contributed by atoms with E-state index in [1.807, 2.05) is 6.08 Å². The number of unbranched alkanes of at least 4 members (excludes halogenated alkanes) is 2. The van der Waals surface area contributed by atoms with Crippen LogP contribution in [0.1, 0.15) is 77.5 Å². The van der Waals surface area contributed by atoms with Gasteiger partial charge < -0.3 is 14.9 Å². The minimum absolute atomic E-state index is 0.0725. The first-order valence-corrected chi connectivity index (χ1v) is 9.78. The molecule has 0 aromatic heterocycles. The lowest BCUT2D eigenvalue weighted by Crippen LogP contribution is -2.18. The highest BCUT2D eigenvalue weighted by Gasteiger charge is 2.26. The topological polar surface area (TPSA) is 49.7 Å². The number of aromatic hydroxyl groups is 1. The Labute approximate surface area is 160 Å². The van der Waals surface area contributed by atoms with Crippen molar-refractivity contribution in [3.05, 3.63) is 41.0 Å². The molecule has 0 spiro atoms. The van der Waals surface area contributed by atoms with E-state index in [0.717, 1.165) is 43.4 Å². The molecule has 1 aromatic carbocycles. The number of phenols is 1. The number of aliphatic hydroxyl groups is 1. The van der Waals surface area contributed by atoms with Crippen molar-refractivity contribution in [3.63, 3.8) is 0 Å². The van der Waals surface area contributed by atoms with Crippen molar-refractivity contribution in [1.82, 2.24) is 0 Å². The highest BCUT2D eigenvalue weighted by atomic mass is 16.5. The van der Waals surface area contributed by atoms with Crippen molar-refractivity contribution < 1.29 is 14.9 Å². The van der Waals surface area contributed by atoms with Gasteiger partial charge in [-0.3, -0.25) is 0 Å². The molecule has 0 radical (unpaired) electrons. The summed E-state index contributed by atoms with van der Waals surface area (Å²) in [6, 6.07) is 4.36. The molecule has 0 saturated carbocycles. The van der Waals surface area contributed by atoms with Crippen LogP contribution in [0.25, 0.3) is 0 Å². The third kappa shape index (κ3) is 7.51. The molecule has 1 rings (SSSR count). The van der Waals surface area contributed by atoms with Crippen LogP contribution < -0.4 is 0 Å². The van der Waals surface area contributed by atoms with E-state index in [2.05, 4.69) is 53.7 Å². The number of hydrogen-bond donors (Lipinski definition) is 2. The van der Waals surface area contributed by atoms with Crippen LogP contribution in [-0.4, -0.2) is 30.0 Å². The number of ether oxygens (including phenoxy) is 1. The number of phenolic OH excluding ortho intramolecular Hbond substituents is 1. The molecule has 3 heteroatoms. The standard InChI is InChI=1S/C23H38O3/c1-22(2,3)19-16-18(17-20(21(19)25)23(4,5)6)12-8-7-10-14-26-15-11-9-13-24/h9,11,16-17,24-25H,7-8,10,12-15H2,1-6H3. The molecular formula is C23H38O3. The Kier molecular flexibility index (Phi) is 8.85. The fourth-order valence-electron chi connectivity index (χ4n) is 2.99. The fourth-order valence-corrected chi connectivity index (χ4v) is 2.99. The SMILES string of the molecule is CC(C)(C)c1cc(CCCCCOCC=CCO)cc(C(C)(C)C)c1O. The molecule has 1 aromatic rings.